The number of nitrogens with zero attached hydrogens (tertiary/aromatic N) is 3. The lowest BCUT2D eigenvalue weighted by molar-refractivity contribution is 0.584. The van der Waals surface area contributed by atoms with Crippen molar-refractivity contribution in [1.29, 1.82) is 0 Å². The largest absolute Gasteiger partial charge is 0.279 e. The zero-order chi connectivity index (χ0) is 16.4. The fourth-order valence-electron chi connectivity index (χ4n) is 1.95. The molecule has 2 aromatic carbocycles. The van der Waals surface area contributed by atoms with Gasteiger partial charge in [0, 0.05) is 6.07 Å². The highest BCUT2D eigenvalue weighted by Gasteiger charge is 2.15. The van der Waals surface area contributed by atoms with Crippen molar-refractivity contribution in [3.63, 3.8) is 0 Å². The molecule has 1 heterocycles. The van der Waals surface area contributed by atoms with Crippen molar-refractivity contribution in [2.75, 3.05) is 4.72 Å². The Morgan fingerprint density at radius 1 is 1.00 bits per heavy atom. The molecular formula is C14H10F2N4O2S. The third-order valence-corrected chi connectivity index (χ3v) is 4.35. The quantitative estimate of drug-likeness (QED) is 0.793. The predicted octanol–water partition coefficient (Wildman–Crippen LogP) is 2.35. The summed E-state index contributed by atoms with van der Waals surface area (Å²) in [5.41, 5.74) is 0.432. The van der Waals surface area contributed by atoms with Crippen LogP contribution in [-0.2, 0) is 10.0 Å². The number of hydrogen-bond acceptors (Lipinski definition) is 4. The molecule has 0 bridgehead atoms. The van der Waals surface area contributed by atoms with Gasteiger partial charge in [0.15, 0.2) is 0 Å². The third kappa shape index (κ3) is 3.34. The molecule has 0 aliphatic rings. The molecule has 0 radical (unpaired) electrons. The van der Waals surface area contributed by atoms with Gasteiger partial charge < -0.3 is 0 Å². The summed E-state index contributed by atoms with van der Waals surface area (Å²) in [6.07, 6.45) is 3.10. The lowest BCUT2D eigenvalue weighted by atomic mass is 10.3. The molecule has 0 saturated heterocycles. The Kier molecular flexibility index (Phi) is 3.78. The molecule has 1 aromatic heterocycles. The van der Waals surface area contributed by atoms with Crippen molar-refractivity contribution in [2.45, 2.75) is 4.90 Å². The van der Waals surface area contributed by atoms with E-state index < -0.39 is 21.7 Å². The standard InChI is InChI=1S/C14H10F2N4O2S/c15-10-7-11(16)9-12(8-10)18-23(21,22)14-3-1-13(2-4-14)20-6-5-17-19-20/h1-9,18H. The molecule has 0 unspecified atom stereocenters. The average Bonchev–Trinajstić information content (AvgIpc) is 3.00. The van der Waals surface area contributed by atoms with E-state index in [4.69, 9.17) is 0 Å². The summed E-state index contributed by atoms with van der Waals surface area (Å²) >= 11 is 0. The fourth-order valence-corrected chi connectivity index (χ4v) is 2.99. The molecule has 23 heavy (non-hydrogen) atoms. The minimum Gasteiger partial charge on any atom is -0.279 e. The van der Waals surface area contributed by atoms with Gasteiger partial charge in [0.2, 0.25) is 0 Å². The van der Waals surface area contributed by atoms with E-state index in [1.54, 1.807) is 6.20 Å². The molecule has 0 atom stereocenters. The molecule has 0 saturated carbocycles. The lowest BCUT2D eigenvalue weighted by Gasteiger charge is -2.09. The number of sulfonamides is 1. The van der Waals surface area contributed by atoms with Gasteiger partial charge >= 0.3 is 0 Å². The first kappa shape index (κ1) is 15.1. The van der Waals surface area contributed by atoms with Crippen LogP contribution >= 0.6 is 0 Å². The van der Waals surface area contributed by atoms with E-state index in [0.717, 1.165) is 12.1 Å². The van der Waals surface area contributed by atoms with Gasteiger partial charge in [-0.2, -0.15) is 0 Å². The first-order valence-corrected chi connectivity index (χ1v) is 7.88. The fraction of sp³-hybridized carbons (Fsp3) is 0. The monoisotopic (exact) mass is 336 g/mol. The summed E-state index contributed by atoms with van der Waals surface area (Å²) in [6.45, 7) is 0. The molecular weight excluding hydrogens is 326 g/mol. The van der Waals surface area contributed by atoms with Crippen LogP contribution in [0.15, 0.2) is 59.8 Å². The summed E-state index contributed by atoms with van der Waals surface area (Å²) in [4.78, 5) is -0.0500. The Balaban J connectivity index is 1.87. The molecule has 9 heteroatoms. The van der Waals surface area contributed by atoms with E-state index in [2.05, 4.69) is 15.0 Å². The van der Waals surface area contributed by atoms with Gasteiger partial charge in [0.1, 0.15) is 11.6 Å². The Morgan fingerprint density at radius 3 is 2.22 bits per heavy atom. The number of halogens is 2. The highest BCUT2D eigenvalue weighted by Crippen LogP contribution is 2.19. The number of aromatic nitrogens is 3. The minimum atomic E-state index is -3.96. The maximum absolute atomic E-state index is 13.1. The molecule has 118 valence electrons. The molecule has 1 N–H and O–H groups in total. The second-order valence-electron chi connectivity index (χ2n) is 4.61. The topological polar surface area (TPSA) is 76.9 Å². The minimum absolute atomic E-state index is 0.0500. The smallest absolute Gasteiger partial charge is 0.261 e. The van der Waals surface area contributed by atoms with Crippen molar-refractivity contribution >= 4 is 15.7 Å². The van der Waals surface area contributed by atoms with E-state index in [0.29, 0.717) is 11.8 Å². The zero-order valence-electron chi connectivity index (χ0n) is 11.5. The predicted molar refractivity (Wildman–Crippen MR) is 78.5 cm³/mol. The van der Waals surface area contributed by atoms with Gasteiger partial charge in [0.25, 0.3) is 10.0 Å². The second-order valence-corrected chi connectivity index (χ2v) is 6.29. The second kappa shape index (κ2) is 5.76. The molecule has 3 aromatic rings. The van der Waals surface area contributed by atoms with Crippen molar-refractivity contribution < 1.29 is 17.2 Å². The van der Waals surface area contributed by atoms with Gasteiger partial charge in [-0.3, -0.25) is 4.72 Å². The van der Waals surface area contributed by atoms with Crippen LogP contribution in [0, 0.1) is 11.6 Å². The molecule has 0 aliphatic carbocycles. The van der Waals surface area contributed by atoms with Crippen molar-refractivity contribution in [2.24, 2.45) is 0 Å². The van der Waals surface area contributed by atoms with Crippen LogP contribution in [-0.4, -0.2) is 23.4 Å². The zero-order valence-corrected chi connectivity index (χ0v) is 12.3. The van der Waals surface area contributed by atoms with Crippen LogP contribution in [0.3, 0.4) is 0 Å². The number of rotatable bonds is 4. The Hall–Kier alpha value is -2.81. The van der Waals surface area contributed by atoms with Crippen LogP contribution in [0.2, 0.25) is 0 Å². The summed E-state index contributed by atoms with van der Waals surface area (Å²) in [5, 5.41) is 7.44. The first-order valence-electron chi connectivity index (χ1n) is 6.40. The Bertz CT molecular complexity index is 906. The van der Waals surface area contributed by atoms with E-state index in [-0.39, 0.29) is 10.6 Å². The normalized spacial score (nSPS) is 11.4. The van der Waals surface area contributed by atoms with E-state index >= 15 is 0 Å². The van der Waals surface area contributed by atoms with Crippen molar-refractivity contribution in [3.8, 4) is 5.69 Å². The summed E-state index contributed by atoms with van der Waals surface area (Å²) < 4.78 is 54.3. The van der Waals surface area contributed by atoms with Crippen molar-refractivity contribution in [3.05, 3.63) is 66.5 Å². The van der Waals surface area contributed by atoms with Gasteiger partial charge in [-0.25, -0.2) is 21.9 Å². The lowest BCUT2D eigenvalue weighted by Crippen LogP contribution is -2.13. The van der Waals surface area contributed by atoms with E-state index in [9.17, 15) is 17.2 Å². The number of hydrogen-bond donors (Lipinski definition) is 1. The Morgan fingerprint density at radius 2 is 1.65 bits per heavy atom. The maximum atomic E-state index is 13.1. The number of nitrogens with one attached hydrogen (secondary N) is 1. The van der Waals surface area contributed by atoms with Gasteiger partial charge in [-0.15, -0.1) is 5.10 Å². The van der Waals surface area contributed by atoms with Crippen LogP contribution in [0.4, 0.5) is 14.5 Å². The summed E-state index contributed by atoms with van der Waals surface area (Å²) in [5.74, 6) is -1.74. The molecule has 0 aliphatic heterocycles. The number of benzene rings is 2. The average molecular weight is 336 g/mol. The SMILES string of the molecule is O=S(=O)(Nc1cc(F)cc(F)c1)c1ccc(-n2ccnn2)cc1. The van der Waals surface area contributed by atoms with Crippen LogP contribution in [0.25, 0.3) is 5.69 Å². The van der Waals surface area contributed by atoms with E-state index in [1.807, 2.05) is 0 Å². The molecule has 6 nitrogen and oxygen atoms in total. The van der Waals surface area contributed by atoms with E-state index in [1.165, 1.54) is 35.1 Å². The summed E-state index contributed by atoms with van der Waals surface area (Å²) in [6, 6.07) is 8.23. The molecule has 0 amide bonds. The molecule has 0 spiro atoms. The van der Waals surface area contributed by atoms with Gasteiger partial charge in [-0.1, -0.05) is 5.21 Å². The highest BCUT2D eigenvalue weighted by atomic mass is 32.2. The van der Waals surface area contributed by atoms with Crippen LogP contribution in [0.5, 0.6) is 0 Å². The van der Waals surface area contributed by atoms with Gasteiger partial charge in [-0.05, 0) is 36.4 Å². The maximum Gasteiger partial charge on any atom is 0.261 e. The van der Waals surface area contributed by atoms with Gasteiger partial charge in [0.05, 0.1) is 28.7 Å². The van der Waals surface area contributed by atoms with Crippen LogP contribution < -0.4 is 4.72 Å². The molecule has 0 fully saturated rings. The third-order valence-electron chi connectivity index (χ3n) is 2.95. The first-order chi connectivity index (χ1) is 10.9. The molecule has 3 rings (SSSR count). The van der Waals surface area contributed by atoms with Crippen LogP contribution in [0.1, 0.15) is 0 Å². The number of anilines is 1. The highest BCUT2D eigenvalue weighted by molar-refractivity contribution is 7.92. The Labute approximate surface area is 130 Å². The van der Waals surface area contributed by atoms with Crippen molar-refractivity contribution in [1.82, 2.24) is 15.0 Å². The summed E-state index contributed by atoms with van der Waals surface area (Å²) in [7, 11) is -3.96.